The Morgan fingerprint density at radius 1 is 1.17 bits per heavy atom. The molecule has 7 heteroatoms. The molecular formula is C17H24N2O3S2. The molecule has 1 aromatic carbocycles. The number of hydrogen-bond donors (Lipinski definition) is 0. The third-order valence-electron chi connectivity index (χ3n) is 4.84. The maximum Gasteiger partial charge on any atom is 0.253 e. The molecule has 0 N–H and O–H groups in total. The molecule has 24 heavy (non-hydrogen) atoms. The molecule has 0 spiro atoms. The Hall–Kier alpha value is -1.05. The molecule has 3 rings (SSSR count). The minimum absolute atomic E-state index is 0.0735. The Labute approximate surface area is 148 Å². The van der Waals surface area contributed by atoms with Crippen molar-refractivity contribution < 1.29 is 13.2 Å². The van der Waals surface area contributed by atoms with E-state index in [4.69, 9.17) is 0 Å². The highest BCUT2D eigenvalue weighted by Gasteiger charge is 2.34. The number of rotatable bonds is 4. The van der Waals surface area contributed by atoms with Crippen LogP contribution in [0.25, 0.3) is 0 Å². The largest absolute Gasteiger partial charge is 0.336 e. The van der Waals surface area contributed by atoms with Crippen LogP contribution in [0.4, 0.5) is 0 Å². The van der Waals surface area contributed by atoms with Crippen LogP contribution in [0.15, 0.2) is 24.3 Å². The summed E-state index contributed by atoms with van der Waals surface area (Å²) in [7, 11) is -2.85. The van der Waals surface area contributed by atoms with E-state index < -0.39 is 9.84 Å². The number of benzene rings is 1. The molecule has 2 aliphatic heterocycles. The van der Waals surface area contributed by atoms with Gasteiger partial charge < -0.3 is 4.90 Å². The first-order valence-electron chi connectivity index (χ1n) is 8.30. The normalized spacial score (nSPS) is 24.2. The Bertz CT molecular complexity index is 680. The van der Waals surface area contributed by atoms with E-state index in [2.05, 4.69) is 11.2 Å². The van der Waals surface area contributed by atoms with Gasteiger partial charge in [-0.05, 0) is 30.4 Å². The van der Waals surface area contributed by atoms with Gasteiger partial charge in [-0.2, -0.15) is 11.8 Å². The fourth-order valence-electron chi connectivity index (χ4n) is 3.45. The fraction of sp³-hybridized carbons (Fsp3) is 0.588. The number of piperazine rings is 1. The average molecular weight is 369 g/mol. The molecule has 1 atom stereocenters. The van der Waals surface area contributed by atoms with Crippen molar-refractivity contribution in [2.45, 2.75) is 18.2 Å². The molecule has 0 aliphatic carbocycles. The minimum Gasteiger partial charge on any atom is -0.336 e. The second kappa shape index (κ2) is 7.45. The summed E-state index contributed by atoms with van der Waals surface area (Å²) in [6.45, 7) is 2.86. The van der Waals surface area contributed by atoms with Crippen LogP contribution < -0.4 is 0 Å². The number of carbonyl (C=O) groups excluding carboxylic acids is 1. The van der Waals surface area contributed by atoms with E-state index in [-0.39, 0.29) is 17.7 Å². The van der Waals surface area contributed by atoms with E-state index in [0.717, 1.165) is 30.8 Å². The van der Waals surface area contributed by atoms with Crippen LogP contribution in [0.2, 0.25) is 0 Å². The molecule has 2 aliphatic rings. The zero-order valence-electron chi connectivity index (χ0n) is 14.0. The lowest BCUT2D eigenvalue weighted by Gasteiger charge is -2.37. The Morgan fingerprint density at radius 3 is 2.38 bits per heavy atom. The molecule has 0 aromatic heterocycles. The summed E-state index contributed by atoms with van der Waals surface area (Å²) in [6.07, 6.45) is 2.79. The molecule has 0 unspecified atom stereocenters. The summed E-state index contributed by atoms with van der Waals surface area (Å²) in [5.74, 6) is 1.61. The third-order valence-corrected chi connectivity index (χ3v) is 7.21. The summed E-state index contributed by atoms with van der Waals surface area (Å²) in [5, 5.41) is 0. The summed E-state index contributed by atoms with van der Waals surface area (Å²) in [5.41, 5.74) is 1.96. The number of carbonyl (C=O) groups is 1. The van der Waals surface area contributed by atoms with E-state index in [1.807, 2.05) is 29.2 Å². The van der Waals surface area contributed by atoms with E-state index in [1.54, 1.807) is 11.8 Å². The van der Waals surface area contributed by atoms with Crippen molar-refractivity contribution >= 4 is 27.5 Å². The standard InChI is InChI=1S/C17H24N2O3S2/c1-23-12-14-2-4-15(5-3-14)17(20)19-9-7-18(8-10-19)16-6-11-24(21,22)13-16/h2-5,16H,6-13H2,1H3/t16-/m0/s1. The summed E-state index contributed by atoms with van der Waals surface area (Å²) in [4.78, 5) is 16.7. The van der Waals surface area contributed by atoms with Crippen LogP contribution in [-0.4, -0.2) is 74.1 Å². The molecule has 2 fully saturated rings. The lowest BCUT2D eigenvalue weighted by atomic mass is 10.1. The smallest absolute Gasteiger partial charge is 0.253 e. The first-order valence-corrected chi connectivity index (χ1v) is 11.5. The Morgan fingerprint density at radius 2 is 1.83 bits per heavy atom. The fourth-order valence-corrected chi connectivity index (χ4v) is 5.73. The second-order valence-electron chi connectivity index (χ2n) is 6.51. The van der Waals surface area contributed by atoms with Crippen molar-refractivity contribution in [1.82, 2.24) is 9.80 Å². The Balaban J connectivity index is 1.55. The molecule has 0 radical (unpaired) electrons. The van der Waals surface area contributed by atoms with Crippen LogP contribution in [0.5, 0.6) is 0 Å². The van der Waals surface area contributed by atoms with Gasteiger partial charge in [0.2, 0.25) is 0 Å². The van der Waals surface area contributed by atoms with E-state index in [9.17, 15) is 13.2 Å². The SMILES string of the molecule is CSCc1ccc(C(=O)N2CCN([C@H]3CCS(=O)(=O)C3)CC2)cc1. The van der Waals surface area contributed by atoms with Crippen molar-refractivity contribution in [1.29, 1.82) is 0 Å². The van der Waals surface area contributed by atoms with Crippen molar-refractivity contribution in [2.24, 2.45) is 0 Å². The highest BCUT2D eigenvalue weighted by atomic mass is 32.2. The van der Waals surface area contributed by atoms with E-state index >= 15 is 0 Å². The van der Waals surface area contributed by atoms with Gasteiger partial charge in [-0.15, -0.1) is 0 Å². The molecule has 0 bridgehead atoms. The van der Waals surface area contributed by atoms with Gasteiger partial charge in [-0.1, -0.05) is 12.1 Å². The average Bonchev–Trinajstić information content (AvgIpc) is 2.95. The topological polar surface area (TPSA) is 57.7 Å². The number of thioether (sulfide) groups is 1. The predicted molar refractivity (Wildman–Crippen MR) is 98.2 cm³/mol. The van der Waals surface area contributed by atoms with Crippen LogP contribution in [0.1, 0.15) is 22.3 Å². The van der Waals surface area contributed by atoms with Crippen molar-refractivity contribution in [3.63, 3.8) is 0 Å². The maximum absolute atomic E-state index is 12.6. The van der Waals surface area contributed by atoms with Gasteiger partial charge in [-0.25, -0.2) is 8.42 Å². The molecule has 132 valence electrons. The predicted octanol–water partition coefficient (Wildman–Crippen LogP) is 1.49. The summed E-state index contributed by atoms with van der Waals surface area (Å²) < 4.78 is 23.2. The van der Waals surface area contributed by atoms with Crippen LogP contribution in [-0.2, 0) is 15.6 Å². The molecule has 1 aromatic rings. The van der Waals surface area contributed by atoms with Crippen molar-refractivity contribution in [2.75, 3.05) is 43.9 Å². The van der Waals surface area contributed by atoms with Crippen molar-refractivity contribution in [3.8, 4) is 0 Å². The summed E-state index contributed by atoms with van der Waals surface area (Å²) in [6, 6.07) is 7.98. The maximum atomic E-state index is 12.6. The number of hydrogen-bond acceptors (Lipinski definition) is 5. The monoisotopic (exact) mass is 368 g/mol. The van der Waals surface area contributed by atoms with E-state index in [1.165, 1.54) is 5.56 Å². The lowest BCUT2D eigenvalue weighted by Crippen LogP contribution is -2.52. The Kier molecular flexibility index (Phi) is 5.52. The first kappa shape index (κ1) is 17.8. The third kappa shape index (κ3) is 4.13. The van der Waals surface area contributed by atoms with Gasteiger partial charge in [0.1, 0.15) is 0 Å². The molecule has 5 nitrogen and oxygen atoms in total. The van der Waals surface area contributed by atoms with Gasteiger partial charge in [0, 0.05) is 43.5 Å². The van der Waals surface area contributed by atoms with Crippen LogP contribution in [0, 0.1) is 0 Å². The number of amides is 1. The van der Waals surface area contributed by atoms with Gasteiger partial charge in [-0.3, -0.25) is 9.69 Å². The zero-order chi connectivity index (χ0) is 17.2. The number of nitrogens with zero attached hydrogens (tertiary/aromatic N) is 2. The van der Waals surface area contributed by atoms with Gasteiger partial charge in [0.05, 0.1) is 11.5 Å². The van der Waals surface area contributed by atoms with Gasteiger partial charge >= 0.3 is 0 Å². The van der Waals surface area contributed by atoms with Gasteiger partial charge in [0.25, 0.3) is 5.91 Å². The van der Waals surface area contributed by atoms with E-state index in [0.29, 0.717) is 18.8 Å². The lowest BCUT2D eigenvalue weighted by molar-refractivity contribution is 0.0588. The quantitative estimate of drug-likeness (QED) is 0.806. The molecule has 2 heterocycles. The number of sulfone groups is 1. The first-order chi connectivity index (χ1) is 11.5. The molecule has 0 saturated carbocycles. The van der Waals surface area contributed by atoms with Gasteiger partial charge in [0.15, 0.2) is 9.84 Å². The zero-order valence-corrected chi connectivity index (χ0v) is 15.6. The highest BCUT2D eigenvalue weighted by Crippen LogP contribution is 2.20. The molecule has 1 amide bonds. The highest BCUT2D eigenvalue weighted by molar-refractivity contribution is 7.97. The summed E-state index contributed by atoms with van der Waals surface area (Å²) >= 11 is 1.77. The van der Waals surface area contributed by atoms with Crippen LogP contribution >= 0.6 is 11.8 Å². The second-order valence-corrected chi connectivity index (χ2v) is 9.61. The van der Waals surface area contributed by atoms with Crippen LogP contribution in [0.3, 0.4) is 0 Å². The van der Waals surface area contributed by atoms with Crippen molar-refractivity contribution in [3.05, 3.63) is 35.4 Å². The molecular weight excluding hydrogens is 344 g/mol. The molecule has 2 saturated heterocycles. The minimum atomic E-state index is -2.85.